The number of amides is 2. The zero-order chi connectivity index (χ0) is 21.6. The molecule has 4 aliphatic carbocycles. The molecule has 0 aliphatic heterocycles. The van der Waals surface area contributed by atoms with Gasteiger partial charge in [0.1, 0.15) is 6.04 Å². The van der Waals surface area contributed by atoms with Crippen molar-refractivity contribution in [3.8, 4) is 5.69 Å². The zero-order valence-corrected chi connectivity index (χ0v) is 18.4. The van der Waals surface area contributed by atoms with E-state index < -0.39 is 6.04 Å². The lowest BCUT2D eigenvalue weighted by atomic mass is 9.49. The standard InChI is InChI=1S/C25H32N4O2/c1-16(2)22(23(30)27-20-3-5-21(6-4-20)29-8-7-26-15-29)28-24(31)25-12-17-9-18(13-25)11-19(10-17)14-25/h3-8,15-19,22H,9-14H2,1-2H3,(H,27,30)(H,28,31). The van der Waals surface area contributed by atoms with E-state index >= 15 is 0 Å². The third kappa shape index (κ3) is 3.88. The molecular formula is C25H32N4O2. The van der Waals surface area contributed by atoms with Gasteiger partial charge in [-0.25, -0.2) is 4.98 Å². The highest BCUT2D eigenvalue weighted by Crippen LogP contribution is 2.60. The van der Waals surface area contributed by atoms with Crippen LogP contribution < -0.4 is 10.6 Å². The average molecular weight is 421 g/mol. The Kier molecular flexibility index (Phi) is 5.11. The first kappa shape index (κ1) is 20.3. The number of hydrogen-bond donors (Lipinski definition) is 2. The molecule has 1 heterocycles. The summed E-state index contributed by atoms with van der Waals surface area (Å²) in [6, 6.07) is 7.11. The lowest BCUT2D eigenvalue weighted by Crippen LogP contribution is -2.57. The minimum atomic E-state index is -0.533. The Hall–Kier alpha value is -2.63. The van der Waals surface area contributed by atoms with E-state index in [9.17, 15) is 9.59 Å². The number of nitrogens with one attached hydrogen (secondary N) is 2. The molecule has 2 N–H and O–H groups in total. The molecule has 6 heteroatoms. The Labute approximate surface area is 183 Å². The number of aromatic nitrogens is 2. The van der Waals surface area contributed by atoms with Crippen LogP contribution in [-0.4, -0.2) is 27.4 Å². The number of nitrogens with zero attached hydrogens (tertiary/aromatic N) is 2. The van der Waals surface area contributed by atoms with Crippen LogP contribution in [0.15, 0.2) is 43.0 Å². The highest BCUT2D eigenvalue weighted by Gasteiger charge is 2.55. The molecule has 2 amide bonds. The van der Waals surface area contributed by atoms with Crippen molar-refractivity contribution in [3.05, 3.63) is 43.0 Å². The Morgan fingerprint density at radius 3 is 2.16 bits per heavy atom. The van der Waals surface area contributed by atoms with Gasteiger partial charge in [-0.3, -0.25) is 9.59 Å². The summed E-state index contributed by atoms with van der Waals surface area (Å²) in [7, 11) is 0. The van der Waals surface area contributed by atoms with E-state index in [0.717, 1.165) is 30.6 Å². The summed E-state index contributed by atoms with van der Waals surface area (Å²) in [4.78, 5) is 30.6. The fraction of sp³-hybridized carbons (Fsp3) is 0.560. The van der Waals surface area contributed by atoms with Crippen LogP contribution in [0.2, 0.25) is 0 Å². The van der Waals surface area contributed by atoms with Crippen LogP contribution in [0.5, 0.6) is 0 Å². The first-order valence-electron chi connectivity index (χ1n) is 11.6. The second-order valence-corrected chi connectivity index (χ2v) is 10.4. The van der Waals surface area contributed by atoms with Crippen LogP contribution in [0.4, 0.5) is 5.69 Å². The third-order valence-corrected chi connectivity index (χ3v) is 7.69. The molecule has 164 valence electrons. The van der Waals surface area contributed by atoms with Gasteiger partial charge in [-0.15, -0.1) is 0 Å². The quantitative estimate of drug-likeness (QED) is 0.736. The van der Waals surface area contributed by atoms with Gasteiger partial charge in [0, 0.05) is 29.2 Å². The van der Waals surface area contributed by atoms with Crippen molar-refractivity contribution in [2.75, 3.05) is 5.32 Å². The molecule has 2 aromatic rings. The smallest absolute Gasteiger partial charge is 0.247 e. The SMILES string of the molecule is CC(C)C(NC(=O)C12CC3CC(CC(C3)C1)C2)C(=O)Nc1ccc(-n2ccnc2)cc1. The van der Waals surface area contributed by atoms with Gasteiger partial charge in [0.05, 0.1) is 6.33 Å². The van der Waals surface area contributed by atoms with Gasteiger partial charge >= 0.3 is 0 Å². The number of anilines is 1. The van der Waals surface area contributed by atoms with Crippen LogP contribution in [0, 0.1) is 29.1 Å². The molecule has 4 bridgehead atoms. The fourth-order valence-corrected chi connectivity index (χ4v) is 6.57. The lowest BCUT2D eigenvalue weighted by molar-refractivity contribution is -0.148. The molecule has 0 spiro atoms. The van der Waals surface area contributed by atoms with Crippen molar-refractivity contribution in [1.82, 2.24) is 14.9 Å². The second-order valence-electron chi connectivity index (χ2n) is 10.4. The normalized spacial score (nSPS) is 29.7. The van der Waals surface area contributed by atoms with Crippen LogP contribution in [-0.2, 0) is 9.59 Å². The largest absolute Gasteiger partial charge is 0.344 e. The Bertz CT molecular complexity index is 913. The van der Waals surface area contributed by atoms with Crippen molar-refractivity contribution in [2.24, 2.45) is 29.1 Å². The molecule has 1 aromatic carbocycles. The molecule has 1 atom stereocenters. The summed E-state index contributed by atoms with van der Waals surface area (Å²) in [6.07, 6.45) is 12.3. The van der Waals surface area contributed by atoms with Crippen molar-refractivity contribution in [1.29, 1.82) is 0 Å². The van der Waals surface area contributed by atoms with Crippen LogP contribution in [0.1, 0.15) is 52.4 Å². The maximum absolute atomic E-state index is 13.4. The van der Waals surface area contributed by atoms with Crippen molar-refractivity contribution < 1.29 is 9.59 Å². The highest BCUT2D eigenvalue weighted by atomic mass is 16.2. The maximum Gasteiger partial charge on any atom is 0.247 e. The predicted octanol–water partition coefficient (Wildman–Crippen LogP) is 4.17. The van der Waals surface area contributed by atoms with Gasteiger partial charge in [-0.2, -0.15) is 0 Å². The van der Waals surface area contributed by atoms with E-state index in [-0.39, 0.29) is 23.1 Å². The molecule has 1 unspecified atom stereocenters. The predicted molar refractivity (Wildman–Crippen MR) is 120 cm³/mol. The topological polar surface area (TPSA) is 76.0 Å². The molecule has 4 fully saturated rings. The van der Waals surface area contributed by atoms with E-state index in [1.165, 1.54) is 19.3 Å². The Balaban J connectivity index is 1.26. The summed E-state index contributed by atoms with van der Waals surface area (Å²) in [5.41, 5.74) is 1.46. The fourth-order valence-electron chi connectivity index (χ4n) is 6.57. The monoisotopic (exact) mass is 420 g/mol. The minimum Gasteiger partial charge on any atom is -0.344 e. The summed E-state index contributed by atoms with van der Waals surface area (Å²) >= 11 is 0. The highest BCUT2D eigenvalue weighted by molar-refractivity contribution is 5.98. The second kappa shape index (κ2) is 7.81. The van der Waals surface area contributed by atoms with E-state index in [0.29, 0.717) is 17.8 Å². The van der Waals surface area contributed by atoms with Gasteiger partial charge in [0.2, 0.25) is 11.8 Å². The van der Waals surface area contributed by atoms with E-state index in [1.54, 1.807) is 12.5 Å². The molecule has 0 saturated heterocycles. The number of rotatable bonds is 6. The van der Waals surface area contributed by atoms with Gasteiger partial charge in [0.15, 0.2) is 0 Å². The molecule has 1 aromatic heterocycles. The number of hydrogen-bond acceptors (Lipinski definition) is 3. The number of benzene rings is 1. The summed E-state index contributed by atoms with van der Waals surface area (Å²) in [5, 5.41) is 6.16. The van der Waals surface area contributed by atoms with Gasteiger partial charge in [-0.05, 0) is 86.5 Å². The summed E-state index contributed by atoms with van der Waals surface area (Å²) in [6.45, 7) is 3.98. The van der Waals surface area contributed by atoms with Crippen molar-refractivity contribution in [3.63, 3.8) is 0 Å². The van der Waals surface area contributed by atoms with E-state index in [4.69, 9.17) is 0 Å². The molecule has 6 nitrogen and oxygen atoms in total. The van der Waals surface area contributed by atoms with Crippen LogP contribution in [0.3, 0.4) is 0 Å². The molecule has 0 radical (unpaired) electrons. The third-order valence-electron chi connectivity index (χ3n) is 7.69. The van der Waals surface area contributed by atoms with Gasteiger partial charge < -0.3 is 15.2 Å². The first-order chi connectivity index (χ1) is 14.9. The molecular weight excluding hydrogens is 388 g/mol. The number of carbonyl (C=O) groups excluding carboxylic acids is 2. The van der Waals surface area contributed by atoms with Gasteiger partial charge in [0.25, 0.3) is 0 Å². The Morgan fingerprint density at radius 1 is 1.03 bits per heavy atom. The van der Waals surface area contributed by atoms with Crippen molar-refractivity contribution in [2.45, 2.75) is 58.4 Å². The van der Waals surface area contributed by atoms with Crippen LogP contribution >= 0.6 is 0 Å². The van der Waals surface area contributed by atoms with E-state index in [2.05, 4.69) is 15.6 Å². The molecule has 4 saturated carbocycles. The number of carbonyl (C=O) groups is 2. The summed E-state index contributed by atoms with van der Waals surface area (Å²) < 4.78 is 1.91. The maximum atomic E-state index is 13.4. The first-order valence-corrected chi connectivity index (χ1v) is 11.6. The average Bonchev–Trinajstić information content (AvgIpc) is 3.26. The molecule has 6 rings (SSSR count). The minimum absolute atomic E-state index is 0.0167. The van der Waals surface area contributed by atoms with Crippen molar-refractivity contribution >= 4 is 17.5 Å². The summed E-state index contributed by atoms with van der Waals surface area (Å²) in [5.74, 6) is 2.09. The Morgan fingerprint density at radius 2 is 1.65 bits per heavy atom. The number of imidazole rings is 1. The lowest BCUT2D eigenvalue weighted by Gasteiger charge is -2.55. The van der Waals surface area contributed by atoms with Gasteiger partial charge in [-0.1, -0.05) is 13.8 Å². The molecule has 4 aliphatic rings. The zero-order valence-electron chi connectivity index (χ0n) is 18.4. The van der Waals surface area contributed by atoms with Crippen LogP contribution in [0.25, 0.3) is 5.69 Å². The molecule has 31 heavy (non-hydrogen) atoms. The van der Waals surface area contributed by atoms with E-state index in [1.807, 2.05) is 48.9 Å².